The molecular weight excluding hydrogens is 280 g/mol. The van der Waals surface area contributed by atoms with Gasteiger partial charge < -0.3 is 5.32 Å². The smallest absolute Gasteiger partial charge is 0.0753 e. The zero-order chi connectivity index (χ0) is 14.8. The zero-order valence-electron chi connectivity index (χ0n) is 12.1. The molecule has 0 amide bonds. The Morgan fingerprint density at radius 3 is 2.67 bits per heavy atom. The highest BCUT2D eigenvalue weighted by atomic mass is 35.5. The molecule has 0 aliphatic rings. The van der Waals surface area contributed by atoms with Crippen molar-refractivity contribution in [1.82, 2.24) is 10.3 Å². The van der Waals surface area contributed by atoms with Crippen LogP contribution in [0.4, 0.5) is 0 Å². The van der Waals surface area contributed by atoms with E-state index in [0.29, 0.717) is 0 Å². The second-order valence-electron chi connectivity index (χ2n) is 5.15. The van der Waals surface area contributed by atoms with Crippen molar-refractivity contribution in [2.24, 2.45) is 0 Å². The molecule has 2 aromatic carbocycles. The molecule has 3 heteroatoms. The molecule has 1 N–H and O–H groups in total. The summed E-state index contributed by atoms with van der Waals surface area (Å²) in [4.78, 5) is 4.55. The van der Waals surface area contributed by atoms with Gasteiger partial charge in [0.25, 0.3) is 0 Å². The Balaban J connectivity index is 2.16. The van der Waals surface area contributed by atoms with Crippen molar-refractivity contribution in [1.29, 1.82) is 0 Å². The molecule has 106 valence electrons. The number of para-hydroxylation sites is 1. The molecule has 0 fully saturated rings. The summed E-state index contributed by atoms with van der Waals surface area (Å²) in [5.74, 6) is 0. The lowest BCUT2D eigenvalue weighted by Crippen LogP contribution is -2.18. The molecule has 0 radical (unpaired) electrons. The molecule has 3 rings (SSSR count). The molecule has 0 spiro atoms. The first-order chi connectivity index (χ1) is 10.2. The number of halogens is 1. The van der Waals surface area contributed by atoms with E-state index in [9.17, 15) is 0 Å². The number of nitrogens with zero attached hydrogens (tertiary/aromatic N) is 1. The molecule has 2 nitrogen and oxygen atoms in total. The predicted molar refractivity (Wildman–Crippen MR) is 88.8 cm³/mol. The summed E-state index contributed by atoms with van der Waals surface area (Å²) in [6.45, 7) is 2.03. The van der Waals surface area contributed by atoms with Crippen LogP contribution in [-0.2, 0) is 0 Å². The van der Waals surface area contributed by atoms with Crippen LogP contribution in [0.25, 0.3) is 10.9 Å². The lowest BCUT2D eigenvalue weighted by molar-refractivity contribution is 0.695. The highest BCUT2D eigenvalue weighted by Crippen LogP contribution is 2.29. The van der Waals surface area contributed by atoms with Crippen molar-refractivity contribution in [3.63, 3.8) is 0 Å². The molecule has 1 heterocycles. The first kappa shape index (κ1) is 14.1. The molecular formula is C18H17ClN2. The van der Waals surface area contributed by atoms with E-state index >= 15 is 0 Å². The highest BCUT2D eigenvalue weighted by molar-refractivity contribution is 6.31. The SMILES string of the molecule is CNC(c1ccc(Cl)c(C)c1)c1cccc2cccnc12. The van der Waals surface area contributed by atoms with E-state index in [1.54, 1.807) is 0 Å². The van der Waals surface area contributed by atoms with Gasteiger partial charge in [0.15, 0.2) is 0 Å². The maximum Gasteiger partial charge on any atom is 0.0753 e. The van der Waals surface area contributed by atoms with E-state index in [1.807, 2.05) is 32.3 Å². The normalized spacial score (nSPS) is 12.5. The molecule has 21 heavy (non-hydrogen) atoms. The third-order valence-corrected chi connectivity index (χ3v) is 4.20. The summed E-state index contributed by atoms with van der Waals surface area (Å²) < 4.78 is 0. The molecule has 1 aromatic heterocycles. The van der Waals surface area contributed by atoms with E-state index in [0.717, 1.165) is 21.5 Å². The molecule has 0 saturated heterocycles. The topological polar surface area (TPSA) is 24.9 Å². The van der Waals surface area contributed by atoms with Gasteiger partial charge in [0.1, 0.15) is 0 Å². The number of hydrogen-bond donors (Lipinski definition) is 1. The van der Waals surface area contributed by atoms with Gasteiger partial charge in [0, 0.05) is 16.6 Å². The summed E-state index contributed by atoms with van der Waals surface area (Å²) in [5, 5.41) is 5.34. The van der Waals surface area contributed by atoms with Gasteiger partial charge in [-0.1, -0.05) is 48.0 Å². The van der Waals surface area contributed by atoms with E-state index in [1.165, 1.54) is 11.1 Å². The van der Waals surface area contributed by atoms with Crippen molar-refractivity contribution in [3.05, 3.63) is 76.4 Å². The number of aromatic nitrogens is 1. The van der Waals surface area contributed by atoms with E-state index < -0.39 is 0 Å². The molecule has 1 atom stereocenters. The van der Waals surface area contributed by atoms with Gasteiger partial charge in [0.2, 0.25) is 0 Å². The minimum atomic E-state index is 0.0968. The Morgan fingerprint density at radius 2 is 1.90 bits per heavy atom. The van der Waals surface area contributed by atoms with Crippen LogP contribution >= 0.6 is 11.6 Å². The second kappa shape index (κ2) is 5.84. The quantitative estimate of drug-likeness (QED) is 0.769. The molecule has 0 aliphatic carbocycles. The number of nitrogens with one attached hydrogen (secondary N) is 1. The summed E-state index contributed by atoms with van der Waals surface area (Å²) in [6.07, 6.45) is 1.84. The van der Waals surface area contributed by atoms with Crippen LogP contribution in [0.3, 0.4) is 0 Å². The summed E-state index contributed by atoms with van der Waals surface area (Å²) in [6, 6.07) is 16.6. The van der Waals surface area contributed by atoms with Crippen LogP contribution in [0, 0.1) is 6.92 Å². The fourth-order valence-corrected chi connectivity index (χ4v) is 2.83. The van der Waals surface area contributed by atoms with Gasteiger partial charge in [-0.25, -0.2) is 0 Å². The average molecular weight is 297 g/mol. The number of hydrogen-bond acceptors (Lipinski definition) is 2. The zero-order valence-corrected chi connectivity index (χ0v) is 12.9. The fraction of sp³-hybridized carbons (Fsp3) is 0.167. The average Bonchev–Trinajstić information content (AvgIpc) is 2.52. The van der Waals surface area contributed by atoms with Crippen LogP contribution < -0.4 is 5.32 Å². The standard InChI is InChI=1S/C18H17ClN2/c1-12-11-14(8-9-16(12)19)17(20-2)15-7-3-5-13-6-4-10-21-18(13)15/h3-11,17,20H,1-2H3. The van der Waals surface area contributed by atoms with Crippen molar-refractivity contribution in [2.45, 2.75) is 13.0 Å². The third kappa shape index (κ3) is 2.65. The number of rotatable bonds is 3. The van der Waals surface area contributed by atoms with Crippen molar-refractivity contribution < 1.29 is 0 Å². The Morgan fingerprint density at radius 1 is 1.10 bits per heavy atom. The lowest BCUT2D eigenvalue weighted by atomic mass is 9.95. The molecule has 0 saturated carbocycles. The first-order valence-electron chi connectivity index (χ1n) is 6.97. The van der Waals surface area contributed by atoms with Gasteiger partial charge in [0.05, 0.1) is 11.6 Å². The molecule has 0 aliphatic heterocycles. The highest BCUT2D eigenvalue weighted by Gasteiger charge is 2.16. The molecule has 0 bridgehead atoms. The number of fused-ring (bicyclic) bond motifs is 1. The van der Waals surface area contributed by atoms with Crippen LogP contribution in [0.5, 0.6) is 0 Å². The van der Waals surface area contributed by atoms with E-state index in [4.69, 9.17) is 11.6 Å². The van der Waals surface area contributed by atoms with Crippen LogP contribution in [0.15, 0.2) is 54.7 Å². The van der Waals surface area contributed by atoms with Gasteiger partial charge in [-0.05, 0) is 42.8 Å². The minimum Gasteiger partial charge on any atom is -0.309 e. The van der Waals surface area contributed by atoms with Crippen molar-refractivity contribution >= 4 is 22.5 Å². The molecule has 1 unspecified atom stereocenters. The number of aryl methyl sites for hydroxylation is 1. The Bertz CT molecular complexity index is 778. The van der Waals surface area contributed by atoms with E-state index in [2.05, 4.69) is 46.7 Å². The third-order valence-electron chi connectivity index (χ3n) is 3.78. The van der Waals surface area contributed by atoms with Gasteiger partial charge >= 0.3 is 0 Å². The Labute approximate surface area is 129 Å². The van der Waals surface area contributed by atoms with E-state index in [-0.39, 0.29) is 6.04 Å². The lowest BCUT2D eigenvalue weighted by Gasteiger charge is -2.19. The Kier molecular flexibility index (Phi) is 3.91. The van der Waals surface area contributed by atoms with Crippen LogP contribution in [0.1, 0.15) is 22.7 Å². The van der Waals surface area contributed by atoms with Crippen molar-refractivity contribution in [3.8, 4) is 0 Å². The second-order valence-corrected chi connectivity index (χ2v) is 5.56. The Hall–Kier alpha value is -1.90. The van der Waals surface area contributed by atoms with Gasteiger partial charge in [-0.2, -0.15) is 0 Å². The first-order valence-corrected chi connectivity index (χ1v) is 7.35. The summed E-state index contributed by atoms with van der Waals surface area (Å²) in [7, 11) is 1.97. The largest absolute Gasteiger partial charge is 0.309 e. The van der Waals surface area contributed by atoms with Gasteiger partial charge in [-0.15, -0.1) is 0 Å². The predicted octanol–water partition coefficient (Wildman–Crippen LogP) is 4.51. The maximum atomic E-state index is 6.14. The van der Waals surface area contributed by atoms with Crippen LogP contribution in [-0.4, -0.2) is 12.0 Å². The molecule has 3 aromatic rings. The van der Waals surface area contributed by atoms with Crippen molar-refractivity contribution in [2.75, 3.05) is 7.05 Å². The minimum absolute atomic E-state index is 0.0968. The number of benzene rings is 2. The summed E-state index contributed by atoms with van der Waals surface area (Å²) >= 11 is 6.14. The summed E-state index contributed by atoms with van der Waals surface area (Å²) in [5.41, 5.74) is 4.49. The fourth-order valence-electron chi connectivity index (χ4n) is 2.71. The maximum absolute atomic E-state index is 6.14. The number of pyridine rings is 1. The van der Waals surface area contributed by atoms with Crippen LogP contribution in [0.2, 0.25) is 5.02 Å². The monoisotopic (exact) mass is 296 g/mol. The van der Waals surface area contributed by atoms with Gasteiger partial charge in [-0.3, -0.25) is 4.98 Å².